The zero-order chi connectivity index (χ0) is 26.7. The molecule has 2 aromatic carbocycles. The molecule has 0 saturated heterocycles. The lowest BCUT2D eigenvalue weighted by Crippen LogP contribution is -2.51. The van der Waals surface area contributed by atoms with Crippen LogP contribution in [0, 0.1) is 11.8 Å². The van der Waals surface area contributed by atoms with Gasteiger partial charge in [-0.05, 0) is 55.7 Å². The molecule has 38 heavy (non-hydrogen) atoms. The second-order valence-corrected chi connectivity index (χ2v) is 10.2. The van der Waals surface area contributed by atoms with E-state index < -0.39 is 0 Å². The molecule has 8 heteroatoms. The fourth-order valence-electron chi connectivity index (χ4n) is 5.67. The van der Waals surface area contributed by atoms with Crippen molar-refractivity contribution in [3.8, 4) is 0 Å². The van der Waals surface area contributed by atoms with Gasteiger partial charge >= 0.3 is 12.0 Å². The Bertz CT molecular complexity index is 1080. The highest BCUT2D eigenvalue weighted by Crippen LogP contribution is 2.38. The van der Waals surface area contributed by atoms with Crippen LogP contribution in [0.5, 0.6) is 0 Å². The number of esters is 1. The lowest BCUT2D eigenvalue weighted by atomic mass is 9.81. The molecule has 1 aliphatic heterocycles. The molecule has 4 atom stereocenters. The summed E-state index contributed by atoms with van der Waals surface area (Å²) in [5.74, 6) is -0.247. The first-order valence-corrected chi connectivity index (χ1v) is 13.9. The average Bonchev–Trinajstić information content (AvgIpc) is 2.93. The second kappa shape index (κ2) is 13.8. The van der Waals surface area contributed by atoms with Gasteiger partial charge < -0.3 is 26.0 Å². The molecule has 1 fully saturated rings. The lowest BCUT2D eigenvalue weighted by Gasteiger charge is -2.36. The molecule has 8 nitrogen and oxygen atoms in total. The minimum absolute atomic E-state index is 0.00181. The Kier molecular flexibility index (Phi) is 10.0. The summed E-state index contributed by atoms with van der Waals surface area (Å²) < 4.78 is 4.89. The number of hydrogen-bond donors (Lipinski definition) is 4. The van der Waals surface area contributed by atoms with Crippen LogP contribution in [0.4, 0.5) is 10.5 Å². The summed E-state index contributed by atoms with van der Waals surface area (Å²) >= 11 is 0. The minimum atomic E-state index is -0.350. The van der Waals surface area contributed by atoms with E-state index in [0.717, 1.165) is 38.5 Å². The van der Waals surface area contributed by atoms with E-state index in [1.54, 1.807) is 6.92 Å². The van der Waals surface area contributed by atoms with E-state index >= 15 is 0 Å². The largest absolute Gasteiger partial charge is 0.466 e. The SMILES string of the molecule is CCOC(=O)CCNC(=O)N[C@@H]1CCCC[C@@H]1C(=O)NCC[C@H]1Cc2ccccc2N[C@H]1c1ccccc1. The van der Waals surface area contributed by atoms with Gasteiger partial charge in [0.1, 0.15) is 0 Å². The number of fused-ring (bicyclic) bond motifs is 1. The van der Waals surface area contributed by atoms with Gasteiger partial charge in [0.05, 0.1) is 25.0 Å². The molecule has 4 N–H and O–H groups in total. The van der Waals surface area contributed by atoms with Crippen LogP contribution in [0.25, 0.3) is 0 Å². The average molecular weight is 521 g/mol. The maximum atomic E-state index is 13.2. The van der Waals surface area contributed by atoms with Gasteiger partial charge in [0.25, 0.3) is 0 Å². The third-order valence-corrected chi connectivity index (χ3v) is 7.59. The van der Waals surface area contributed by atoms with E-state index in [9.17, 15) is 14.4 Å². The van der Waals surface area contributed by atoms with Gasteiger partial charge in [-0.25, -0.2) is 4.79 Å². The molecule has 2 aliphatic rings. The number of ether oxygens (including phenoxy) is 1. The lowest BCUT2D eigenvalue weighted by molar-refractivity contribution is -0.142. The molecule has 0 aromatic heterocycles. The molecule has 1 heterocycles. The van der Waals surface area contributed by atoms with Gasteiger partial charge in [-0.2, -0.15) is 0 Å². The van der Waals surface area contributed by atoms with Crippen LogP contribution in [-0.4, -0.2) is 43.6 Å². The zero-order valence-electron chi connectivity index (χ0n) is 22.2. The standard InChI is InChI=1S/C30H40N4O4/c1-2-38-27(35)17-19-32-30(37)34-26-15-9-7-13-24(26)29(36)31-18-16-23-20-22-12-6-8-14-25(22)33-28(23)21-10-4-3-5-11-21/h3-6,8,10-12,14,23-24,26,28,33H,2,7,9,13,15-20H2,1H3,(H,31,36)(H2,32,34,37)/t23-,24-,26+,28-/m0/s1. The Morgan fingerprint density at radius 2 is 1.71 bits per heavy atom. The third kappa shape index (κ3) is 7.49. The van der Waals surface area contributed by atoms with Gasteiger partial charge in [-0.3, -0.25) is 9.59 Å². The van der Waals surface area contributed by atoms with E-state index in [-0.39, 0.29) is 48.9 Å². The normalized spacial score (nSPS) is 22.3. The quantitative estimate of drug-likeness (QED) is 0.349. The van der Waals surface area contributed by atoms with Crippen LogP contribution in [0.15, 0.2) is 54.6 Å². The number of carbonyl (C=O) groups is 3. The first-order valence-electron chi connectivity index (χ1n) is 13.9. The van der Waals surface area contributed by atoms with Crippen molar-refractivity contribution in [2.45, 2.75) is 64.0 Å². The van der Waals surface area contributed by atoms with Gasteiger partial charge in [0.2, 0.25) is 5.91 Å². The maximum absolute atomic E-state index is 13.2. The topological polar surface area (TPSA) is 109 Å². The predicted molar refractivity (Wildman–Crippen MR) is 148 cm³/mol. The Morgan fingerprint density at radius 3 is 2.53 bits per heavy atom. The number of benzene rings is 2. The highest BCUT2D eigenvalue weighted by atomic mass is 16.5. The number of carbonyl (C=O) groups excluding carboxylic acids is 3. The van der Waals surface area contributed by atoms with E-state index in [0.29, 0.717) is 19.1 Å². The van der Waals surface area contributed by atoms with Gasteiger partial charge in [-0.1, -0.05) is 61.4 Å². The molecule has 0 unspecified atom stereocenters. The number of rotatable bonds is 10. The van der Waals surface area contributed by atoms with Crippen molar-refractivity contribution in [1.82, 2.24) is 16.0 Å². The smallest absolute Gasteiger partial charge is 0.315 e. The van der Waals surface area contributed by atoms with Crippen molar-refractivity contribution in [3.63, 3.8) is 0 Å². The molecule has 1 saturated carbocycles. The molecule has 0 spiro atoms. The molecule has 3 amide bonds. The maximum Gasteiger partial charge on any atom is 0.315 e. The van der Waals surface area contributed by atoms with Crippen LogP contribution >= 0.6 is 0 Å². The van der Waals surface area contributed by atoms with Crippen LogP contribution < -0.4 is 21.3 Å². The van der Waals surface area contributed by atoms with Crippen LogP contribution in [0.3, 0.4) is 0 Å². The van der Waals surface area contributed by atoms with E-state index in [2.05, 4.69) is 69.8 Å². The monoisotopic (exact) mass is 520 g/mol. The third-order valence-electron chi connectivity index (χ3n) is 7.59. The van der Waals surface area contributed by atoms with Crippen molar-refractivity contribution in [3.05, 3.63) is 65.7 Å². The van der Waals surface area contributed by atoms with Crippen molar-refractivity contribution in [2.75, 3.05) is 25.0 Å². The molecular weight excluding hydrogens is 480 g/mol. The van der Waals surface area contributed by atoms with Gasteiger partial charge in [0, 0.05) is 24.8 Å². The first kappa shape index (κ1) is 27.5. The molecule has 0 radical (unpaired) electrons. The highest BCUT2D eigenvalue weighted by Gasteiger charge is 2.33. The van der Waals surface area contributed by atoms with Gasteiger partial charge in [-0.15, -0.1) is 0 Å². The number of hydrogen-bond acceptors (Lipinski definition) is 5. The molecule has 1 aliphatic carbocycles. The Labute approximate surface area is 225 Å². The number of anilines is 1. The summed E-state index contributed by atoms with van der Waals surface area (Å²) in [7, 11) is 0. The molecular formula is C30H40N4O4. The zero-order valence-corrected chi connectivity index (χ0v) is 22.2. The fraction of sp³-hybridized carbons (Fsp3) is 0.500. The first-order chi connectivity index (χ1) is 18.5. The van der Waals surface area contributed by atoms with Crippen LogP contribution in [0.1, 0.15) is 62.6 Å². The summed E-state index contributed by atoms with van der Waals surface area (Å²) in [6, 6.07) is 18.5. The summed E-state index contributed by atoms with van der Waals surface area (Å²) in [6.45, 7) is 2.86. The second-order valence-electron chi connectivity index (χ2n) is 10.2. The summed E-state index contributed by atoms with van der Waals surface area (Å²) in [4.78, 5) is 37.1. The van der Waals surface area contributed by atoms with E-state index in [4.69, 9.17) is 4.74 Å². The number of para-hydroxylation sites is 1. The Hall–Kier alpha value is -3.55. The molecule has 0 bridgehead atoms. The number of amides is 3. The minimum Gasteiger partial charge on any atom is -0.466 e. The molecule has 204 valence electrons. The summed E-state index contributed by atoms with van der Waals surface area (Å²) in [5, 5.41) is 12.6. The number of nitrogens with one attached hydrogen (secondary N) is 4. The summed E-state index contributed by atoms with van der Waals surface area (Å²) in [6.07, 6.45) is 5.40. The number of urea groups is 1. The predicted octanol–water partition coefficient (Wildman–Crippen LogP) is 4.33. The van der Waals surface area contributed by atoms with Gasteiger partial charge in [0.15, 0.2) is 0 Å². The van der Waals surface area contributed by atoms with E-state index in [1.165, 1.54) is 16.8 Å². The summed E-state index contributed by atoms with van der Waals surface area (Å²) in [5.41, 5.74) is 3.74. The fourth-order valence-corrected chi connectivity index (χ4v) is 5.67. The van der Waals surface area contributed by atoms with Crippen molar-refractivity contribution < 1.29 is 19.1 Å². The Balaban J connectivity index is 1.29. The van der Waals surface area contributed by atoms with Crippen molar-refractivity contribution >= 4 is 23.6 Å². The van der Waals surface area contributed by atoms with Crippen molar-refractivity contribution in [2.24, 2.45) is 11.8 Å². The van der Waals surface area contributed by atoms with Crippen LogP contribution in [-0.2, 0) is 20.7 Å². The Morgan fingerprint density at radius 1 is 0.947 bits per heavy atom. The molecule has 4 rings (SSSR count). The van der Waals surface area contributed by atoms with Crippen LogP contribution in [0.2, 0.25) is 0 Å². The van der Waals surface area contributed by atoms with Crippen molar-refractivity contribution in [1.29, 1.82) is 0 Å². The highest BCUT2D eigenvalue weighted by molar-refractivity contribution is 5.81. The molecule has 2 aromatic rings. The van der Waals surface area contributed by atoms with E-state index in [1.807, 2.05) is 6.07 Å².